The van der Waals surface area contributed by atoms with Crippen LogP contribution in [0, 0.1) is 11.7 Å². The van der Waals surface area contributed by atoms with E-state index in [1.807, 2.05) is 6.08 Å². The lowest BCUT2D eigenvalue weighted by Gasteiger charge is -2.38. The minimum atomic E-state index is -0.584. The first-order valence-electron chi connectivity index (χ1n) is 9.91. The normalized spacial score (nSPS) is 21.1. The summed E-state index contributed by atoms with van der Waals surface area (Å²) in [6.07, 6.45) is 8.06. The molecule has 1 saturated heterocycles. The van der Waals surface area contributed by atoms with Crippen LogP contribution in [-0.4, -0.2) is 44.3 Å². The van der Waals surface area contributed by atoms with Crippen molar-refractivity contribution < 1.29 is 14.0 Å². The second-order valence-corrected chi connectivity index (χ2v) is 9.09. The molecule has 2 aromatic rings. The zero-order valence-electron chi connectivity index (χ0n) is 17.1. The van der Waals surface area contributed by atoms with Crippen LogP contribution in [0.2, 0.25) is 0 Å². The number of benzene rings is 1. The number of carbonyl (C=O) groups is 2. The number of carbonyl (C=O) groups excluding carboxylic acids is 2. The van der Waals surface area contributed by atoms with E-state index >= 15 is 0 Å². The minimum absolute atomic E-state index is 0. The lowest BCUT2D eigenvalue weighted by Crippen LogP contribution is -2.43. The number of piperidine rings is 1. The summed E-state index contributed by atoms with van der Waals surface area (Å²) < 4.78 is 14.6. The van der Waals surface area contributed by atoms with E-state index < -0.39 is 6.04 Å². The largest absolute Gasteiger partial charge is 0.297 e. The van der Waals surface area contributed by atoms with Crippen molar-refractivity contribution in [3.05, 3.63) is 59.2 Å². The Morgan fingerprint density at radius 1 is 1.26 bits per heavy atom. The molecule has 31 heavy (non-hydrogen) atoms. The zero-order chi connectivity index (χ0) is 20.4. The summed E-state index contributed by atoms with van der Waals surface area (Å²) in [7, 11) is 0. The molecule has 2 heterocycles. The van der Waals surface area contributed by atoms with Crippen LogP contribution in [0.25, 0.3) is 6.08 Å². The van der Waals surface area contributed by atoms with Crippen molar-refractivity contribution >= 4 is 53.6 Å². The van der Waals surface area contributed by atoms with E-state index in [0.717, 1.165) is 30.4 Å². The first-order valence-corrected chi connectivity index (χ1v) is 10.8. The predicted molar refractivity (Wildman–Crippen MR) is 126 cm³/mol. The van der Waals surface area contributed by atoms with Crippen LogP contribution in [0.4, 0.5) is 4.39 Å². The van der Waals surface area contributed by atoms with E-state index in [1.165, 1.54) is 17.8 Å². The summed E-state index contributed by atoms with van der Waals surface area (Å²) in [5.74, 6) is -0.201. The number of rotatable bonds is 6. The molecule has 1 aromatic heterocycles. The fraction of sp³-hybridized carbons (Fsp3) is 0.409. The van der Waals surface area contributed by atoms with Gasteiger partial charge in [-0.2, -0.15) is 5.10 Å². The zero-order valence-corrected chi connectivity index (χ0v) is 19.6. The van der Waals surface area contributed by atoms with E-state index in [2.05, 4.69) is 15.1 Å². The van der Waals surface area contributed by atoms with Crippen molar-refractivity contribution in [3.63, 3.8) is 0 Å². The number of ketones is 1. The van der Waals surface area contributed by atoms with Crippen LogP contribution in [0.5, 0.6) is 0 Å². The Kier molecular flexibility index (Phi) is 9.30. The molecule has 0 radical (unpaired) electrons. The van der Waals surface area contributed by atoms with Crippen molar-refractivity contribution in [1.29, 1.82) is 0 Å². The van der Waals surface area contributed by atoms with Crippen LogP contribution in [0.15, 0.2) is 42.2 Å². The molecule has 1 aliphatic heterocycles. The number of hydrogen-bond donors (Lipinski definition) is 1. The third kappa shape index (κ3) is 6.19. The van der Waals surface area contributed by atoms with Gasteiger partial charge in [0.05, 0.1) is 12.2 Å². The summed E-state index contributed by atoms with van der Waals surface area (Å²) in [5, 5.41) is 6.91. The first kappa shape index (κ1) is 25.6. The maximum Gasteiger partial charge on any atom is 0.186 e. The number of thioether (sulfide) groups is 1. The number of aromatic nitrogens is 2. The molecule has 2 fully saturated rings. The SMILES string of the molecule is CC(=O)SC1CCN(C(C(=O)C2CC2)c2ccccc2F)C/C1=C\c1cn[nH]c1.Cl.Cl. The van der Waals surface area contributed by atoms with Crippen molar-refractivity contribution in [2.75, 3.05) is 13.1 Å². The van der Waals surface area contributed by atoms with Crippen LogP contribution >= 0.6 is 36.6 Å². The second kappa shape index (κ2) is 11.3. The molecule has 1 N–H and O–H groups in total. The molecule has 5 nitrogen and oxygen atoms in total. The van der Waals surface area contributed by atoms with Gasteiger partial charge >= 0.3 is 0 Å². The van der Waals surface area contributed by atoms with Gasteiger partial charge in [0.25, 0.3) is 0 Å². The smallest absolute Gasteiger partial charge is 0.186 e. The highest BCUT2D eigenvalue weighted by molar-refractivity contribution is 8.14. The van der Waals surface area contributed by atoms with E-state index in [9.17, 15) is 14.0 Å². The third-order valence-electron chi connectivity index (χ3n) is 5.47. The summed E-state index contributed by atoms with van der Waals surface area (Å²) in [6.45, 7) is 2.74. The van der Waals surface area contributed by atoms with Gasteiger partial charge in [0.15, 0.2) is 10.9 Å². The number of Topliss-reactive ketones (excluding diaryl/α,β-unsaturated/α-hetero) is 1. The summed E-state index contributed by atoms with van der Waals surface area (Å²) in [6, 6.07) is 5.99. The number of nitrogens with one attached hydrogen (secondary N) is 1. The highest BCUT2D eigenvalue weighted by atomic mass is 35.5. The second-order valence-electron chi connectivity index (χ2n) is 7.71. The van der Waals surface area contributed by atoms with Gasteiger partial charge in [0.2, 0.25) is 0 Å². The molecule has 1 saturated carbocycles. The molecule has 0 spiro atoms. The summed E-state index contributed by atoms with van der Waals surface area (Å²) >= 11 is 1.32. The third-order valence-corrected chi connectivity index (χ3v) is 6.63. The van der Waals surface area contributed by atoms with E-state index in [0.29, 0.717) is 18.7 Å². The molecule has 1 aliphatic carbocycles. The van der Waals surface area contributed by atoms with Crippen LogP contribution in [0.1, 0.15) is 43.4 Å². The van der Waals surface area contributed by atoms with Crippen molar-refractivity contribution in [3.8, 4) is 0 Å². The molecule has 0 amide bonds. The van der Waals surface area contributed by atoms with Crippen molar-refractivity contribution in [2.24, 2.45) is 5.92 Å². The maximum absolute atomic E-state index is 14.6. The Morgan fingerprint density at radius 2 is 2.00 bits per heavy atom. The molecule has 9 heteroatoms. The Morgan fingerprint density at radius 3 is 2.61 bits per heavy atom. The van der Waals surface area contributed by atoms with Crippen molar-refractivity contribution in [1.82, 2.24) is 15.1 Å². The average molecular weight is 486 g/mol. The lowest BCUT2D eigenvalue weighted by atomic mass is 9.93. The Labute approximate surface area is 198 Å². The van der Waals surface area contributed by atoms with Gasteiger partial charge in [-0.05, 0) is 30.9 Å². The number of aromatic amines is 1. The summed E-state index contributed by atoms with van der Waals surface area (Å²) in [5.41, 5.74) is 2.43. The van der Waals surface area contributed by atoms with Gasteiger partial charge < -0.3 is 0 Å². The van der Waals surface area contributed by atoms with E-state index in [4.69, 9.17) is 0 Å². The van der Waals surface area contributed by atoms with Crippen molar-refractivity contribution in [2.45, 2.75) is 37.5 Å². The van der Waals surface area contributed by atoms with E-state index in [-0.39, 0.29) is 52.7 Å². The Hall–Kier alpha value is -1.67. The van der Waals surface area contributed by atoms with E-state index in [1.54, 1.807) is 37.5 Å². The number of halogens is 3. The minimum Gasteiger partial charge on any atom is -0.297 e. The first-order chi connectivity index (χ1) is 14.0. The molecule has 168 valence electrons. The van der Waals surface area contributed by atoms with Gasteiger partial charge in [0.1, 0.15) is 5.82 Å². The average Bonchev–Trinajstić information content (AvgIpc) is 3.42. The van der Waals surface area contributed by atoms with Gasteiger partial charge in [-0.25, -0.2) is 4.39 Å². The molecule has 2 unspecified atom stereocenters. The van der Waals surface area contributed by atoms with Gasteiger partial charge in [0, 0.05) is 48.5 Å². The molecule has 1 aromatic carbocycles. The predicted octanol–water partition coefficient (Wildman–Crippen LogP) is 4.85. The summed E-state index contributed by atoms with van der Waals surface area (Å²) in [4.78, 5) is 27.0. The standard InChI is InChI=1S/C22H24FN3O2S.2ClH/c1-14(27)29-20-8-9-26(13-17(20)10-15-11-24-25-12-15)21(22(28)16-6-7-16)18-4-2-3-5-19(18)23;;/h2-5,10-12,16,20-21H,6-9,13H2,1H3,(H,24,25);2*1H/b17-10+;;. The Balaban J connectivity index is 0.00000171. The van der Waals surface area contributed by atoms with Gasteiger partial charge in [-0.15, -0.1) is 24.8 Å². The number of H-pyrrole nitrogens is 1. The monoisotopic (exact) mass is 485 g/mol. The molecule has 2 aliphatic rings. The van der Waals surface area contributed by atoms with Crippen LogP contribution < -0.4 is 0 Å². The highest BCUT2D eigenvalue weighted by Crippen LogP contribution is 2.40. The van der Waals surface area contributed by atoms with Crippen LogP contribution in [0.3, 0.4) is 0 Å². The lowest BCUT2D eigenvalue weighted by molar-refractivity contribution is -0.126. The van der Waals surface area contributed by atoms with Crippen LogP contribution in [-0.2, 0) is 9.59 Å². The number of likely N-dealkylation sites (tertiary alicyclic amines) is 1. The highest BCUT2D eigenvalue weighted by Gasteiger charge is 2.41. The molecular formula is C22H26Cl2FN3O2S. The van der Waals surface area contributed by atoms with Gasteiger partial charge in [-0.3, -0.25) is 19.6 Å². The number of nitrogens with zero attached hydrogens (tertiary/aromatic N) is 2. The molecular weight excluding hydrogens is 460 g/mol. The topological polar surface area (TPSA) is 66.1 Å². The fourth-order valence-electron chi connectivity index (χ4n) is 3.95. The van der Waals surface area contributed by atoms with Gasteiger partial charge in [-0.1, -0.05) is 36.0 Å². The maximum atomic E-state index is 14.6. The molecule has 2 atom stereocenters. The Bertz CT molecular complexity index is 935. The molecule has 4 rings (SSSR count). The quantitative estimate of drug-likeness (QED) is 0.633. The fourth-order valence-corrected chi connectivity index (χ4v) is 4.87. The number of hydrogen-bond acceptors (Lipinski definition) is 5. The molecule has 0 bridgehead atoms.